The second-order valence-corrected chi connectivity index (χ2v) is 4.89. The monoisotopic (exact) mass is 261 g/mol. The Hall–Kier alpha value is -2.04. The van der Waals surface area contributed by atoms with Gasteiger partial charge < -0.3 is 16.3 Å². The number of hydrogen-bond acceptors (Lipinski definition) is 3. The number of nitrogens with one attached hydrogen (secondary N) is 1. The Morgan fingerprint density at radius 1 is 1.21 bits per heavy atom. The molecular weight excluding hydrogens is 242 g/mol. The highest BCUT2D eigenvalue weighted by atomic mass is 16.4. The van der Waals surface area contributed by atoms with Gasteiger partial charge in [-0.1, -0.05) is 24.4 Å². The number of nitrogens with zero attached hydrogens (tertiary/aromatic N) is 1. The van der Waals surface area contributed by atoms with Crippen molar-refractivity contribution < 1.29 is 10.0 Å². The van der Waals surface area contributed by atoms with Crippen LogP contribution in [-0.2, 0) is 4.79 Å². The number of oxime groups is 1. The van der Waals surface area contributed by atoms with E-state index in [1.54, 1.807) is 24.3 Å². The van der Waals surface area contributed by atoms with Gasteiger partial charge in [0.25, 0.3) is 0 Å². The summed E-state index contributed by atoms with van der Waals surface area (Å²) in [6.45, 7) is 0. The van der Waals surface area contributed by atoms with Crippen molar-refractivity contribution in [3.63, 3.8) is 0 Å². The standard InChI is InChI=1S/C14H19N3O2/c15-13(17-19)10-6-8-12(9-7-10)16-14(18)11-4-2-1-3-5-11/h6-9,11,19H,1-5H2,(H2,15,17)(H,16,18). The van der Waals surface area contributed by atoms with E-state index in [4.69, 9.17) is 10.9 Å². The highest BCUT2D eigenvalue weighted by Crippen LogP contribution is 2.25. The van der Waals surface area contributed by atoms with E-state index >= 15 is 0 Å². The fraction of sp³-hybridized carbons (Fsp3) is 0.429. The van der Waals surface area contributed by atoms with Crippen LogP contribution in [0.25, 0.3) is 0 Å². The van der Waals surface area contributed by atoms with E-state index in [1.807, 2.05) is 0 Å². The summed E-state index contributed by atoms with van der Waals surface area (Å²) in [5.74, 6) is 0.291. The number of rotatable bonds is 3. The van der Waals surface area contributed by atoms with Crippen molar-refractivity contribution in [1.29, 1.82) is 0 Å². The van der Waals surface area contributed by atoms with Crippen LogP contribution in [0.3, 0.4) is 0 Å². The number of carbonyl (C=O) groups is 1. The summed E-state index contributed by atoms with van der Waals surface area (Å²) in [6, 6.07) is 6.94. The van der Waals surface area contributed by atoms with Crippen LogP contribution in [0, 0.1) is 5.92 Å². The summed E-state index contributed by atoms with van der Waals surface area (Å²) < 4.78 is 0. The summed E-state index contributed by atoms with van der Waals surface area (Å²) in [5.41, 5.74) is 6.84. The number of amides is 1. The molecule has 1 amide bonds. The molecule has 1 aliphatic carbocycles. The van der Waals surface area contributed by atoms with Gasteiger partial charge in [0, 0.05) is 17.2 Å². The van der Waals surface area contributed by atoms with Crippen LogP contribution < -0.4 is 11.1 Å². The van der Waals surface area contributed by atoms with E-state index in [2.05, 4.69) is 10.5 Å². The third-order valence-electron chi connectivity index (χ3n) is 3.53. The van der Waals surface area contributed by atoms with Crippen molar-refractivity contribution in [2.24, 2.45) is 16.8 Å². The number of amidine groups is 1. The third kappa shape index (κ3) is 3.47. The van der Waals surface area contributed by atoms with Crippen LogP contribution in [0.5, 0.6) is 0 Å². The Bertz CT molecular complexity index is 462. The Kier molecular flexibility index (Phi) is 4.39. The Balaban J connectivity index is 1.97. The van der Waals surface area contributed by atoms with Gasteiger partial charge in [0.05, 0.1) is 0 Å². The van der Waals surface area contributed by atoms with Gasteiger partial charge in [-0.3, -0.25) is 4.79 Å². The summed E-state index contributed by atoms with van der Waals surface area (Å²) in [5, 5.41) is 14.4. The Labute approximate surface area is 112 Å². The molecule has 1 aromatic carbocycles. The maximum absolute atomic E-state index is 12.0. The molecule has 0 spiro atoms. The van der Waals surface area contributed by atoms with Crippen molar-refractivity contribution in [2.45, 2.75) is 32.1 Å². The molecule has 0 heterocycles. The molecule has 19 heavy (non-hydrogen) atoms. The lowest BCUT2D eigenvalue weighted by Gasteiger charge is -2.20. The summed E-state index contributed by atoms with van der Waals surface area (Å²) in [7, 11) is 0. The van der Waals surface area contributed by atoms with E-state index in [-0.39, 0.29) is 17.7 Å². The van der Waals surface area contributed by atoms with Gasteiger partial charge >= 0.3 is 0 Å². The van der Waals surface area contributed by atoms with Gasteiger partial charge in [-0.05, 0) is 37.1 Å². The zero-order valence-electron chi connectivity index (χ0n) is 10.8. The minimum Gasteiger partial charge on any atom is -0.409 e. The van der Waals surface area contributed by atoms with E-state index in [1.165, 1.54) is 6.42 Å². The lowest BCUT2D eigenvalue weighted by atomic mass is 9.88. The minimum absolute atomic E-state index is 0.0603. The summed E-state index contributed by atoms with van der Waals surface area (Å²) in [6.07, 6.45) is 5.47. The van der Waals surface area contributed by atoms with Gasteiger partial charge in [-0.25, -0.2) is 0 Å². The molecule has 4 N–H and O–H groups in total. The molecule has 102 valence electrons. The molecule has 0 aliphatic heterocycles. The molecular formula is C14H19N3O2. The smallest absolute Gasteiger partial charge is 0.227 e. The fourth-order valence-electron chi connectivity index (χ4n) is 2.39. The van der Waals surface area contributed by atoms with Crippen molar-refractivity contribution in [3.8, 4) is 0 Å². The number of benzene rings is 1. The van der Waals surface area contributed by atoms with E-state index in [0.29, 0.717) is 5.56 Å². The molecule has 0 atom stereocenters. The van der Waals surface area contributed by atoms with Crippen LogP contribution in [0.2, 0.25) is 0 Å². The molecule has 0 radical (unpaired) electrons. The number of anilines is 1. The van der Waals surface area contributed by atoms with Gasteiger partial charge in [0.2, 0.25) is 5.91 Å². The van der Waals surface area contributed by atoms with Crippen LogP contribution in [-0.4, -0.2) is 17.0 Å². The number of nitrogens with two attached hydrogens (primary N) is 1. The molecule has 0 bridgehead atoms. The minimum atomic E-state index is 0.0603. The molecule has 1 fully saturated rings. The second-order valence-electron chi connectivity index (χ2n) is 4.89. The molecule has 5 nitrogen and oxygen atoms in total. The third-order valence-corrected chi connectivity index (χ3v) is 3.53. The van der Waals surface area contributed by atoms with Crippen molar-refractivity contribution in [3.05, 3.63) is 29.8 Å². The molecule has 0 aromatic heterocycles. The zero-order chi connectivity index (χ0) is 13.7. The van der Waals surface area contributed by atoms with Gasteiger partial charge in [-0.15, -0.1) is 0 Å². The van der Waals surface area contributed by atoms with Crippen LogP contribution in [0.1, 0.15) is 37.7 Å². The SMILES string of the molecule is N/C(=N/O)c1ccc(NC(=O)C2CCCCC2)cc1. The predicted molar refractivity (Wildman–Crippen MR) is 74.2 cm³/mol. The highest BCUT2D eigenvalue weighted by Gasteiger charge is 2.20. The lowest BCUT2D eigenvalue weighted by Crippen LogP contribution is -2.24. The van der Waals surface area contributed by atoms with Crippen molar-refractivity contribution >= 4 is 17.4 Å². The molecule has 0 saturated heterocycles. The molecule has 5 heteroatoms. The molecule has 2 rings (SSSR count). The average molecular weight is 261 g/mol. The zero-order valence-corrected chi connectivity index (χ0v) is 10.8. The normalized spacial score (nSPS) is 17.2. The van der Waals surface area contributed by atoms with Crippen LogP contribution >= 0.6 is 0 Å². The number of carbonyl (C=O) groups excluding carboxylic acids is 1. The van der Waals surface area contributed by atoms with E-state index in [9.17, 15) is 4.79 Å². The second kappa shape index (κ2) is 6.22. The Morgan fingerprint density at radius 2 is 1.84 bits per heavy atom. The van der Waals surface area contributed by atoms with Crippen molar-refractivity contribution in [2.75, 3.05) is 5.32 Å². The first kappa shape index (κ1) is 13.4. The van der Waals surface area contributed by atoms with Crippen LogP contribution in [0.15, 0.2) is 29.4 Å². The molecule has 0 unspecified atom stereocenters. The molecule has 1 aromatic rings. The van der Waals surface area contributed by atoms with E-state index < -0.39 is 0 Å². The summed E-state index contributed by atoms with van der Waals surface area (Å²) in [4.78, 5) is 12.0. The largest absolute Gasteiger partial charge is 0.409 e. The molecule has 1 saturated carbocycles. The quantitative estimate of drug-likeness (QED) is 0.337. The Morgan fingerprint density at radius 3 is 2.42 bits per heavy atom. The first-order valence-electron chi connectivity index (χ1n) is 6.59. The number of hydrogen-bond donors (Lipinski definition) is 3. The van der Waals surface area contributed by atoms with E-state index in [0.717, 1.165) is 31.4 Å². The fourth-order valence-corrected chi connectivity index (χ4v) is 2.39. The topological polar surface area (TPSA) is 87.7 Å². The average Bonchev–Trinajstić information content (AvgIpc) is 2.48. The van der Waals surface area contributed by atoms with Gasteiger partial charge in [0.1, 0.15) is 0 Å². The lowest BCUT2D eigenvalue weighted by molar-refractivity contribution is -0.120. The predicted octanol–water partition coefficient (Wildman–Crippen LogP) is 2.30. The van der Waals surface area contributed by atoms with Gasteiger partial charge in [-0.2, -0.15) is 0 Å². The van der Waals surface area contributed by atoms with Gasteiger partial charge in [0.15, 0.2) is 5.84 Å². The van der Waals surface area contributed by atoms with Crippen molar-refractivity contribution in [1.82, 2.24) is 0 Å². The summed E-state index contributed by atoms with van der Waals surface area (Å²) >= 11 is 0. The first-order valence-corrected chi connectivity index (χ1v) is 6.59. The maximum atomic E-state index is 12.0. The molecule has 1 aliphatic rings. The van der Waals surface area contributed by atoms with Crippen LogP contribution in [0.4, 0.5) is 5.69 Å². The highest BCUT2D eigenvalue weighted by molar-refractivity contribution is 5.98. The maximum Gasteiger partial charge on any atom is 0.227 e. The first-order chi connectivity index (χ1) is 9.20.